The predicted molar refractivity (Wildman–Crippen MR) is 89.2 cm³/mol. The van der Waals surface area contributed by atoms with Gasteiger partial charge in [-0.15, -0.1) is 11.3 Å². The molecule has 2 atom stereocenters. The van der Waals surface area contributed by atoms with Crippen LogP contribution in [0.1, 0.15) is 35.4 Å². The molecule has 0 bridgehead atoms. The summed E-state index contributed by atoms with van der Waals surface area (Å²) in [5.74, 6) is 1.56. The lowest BCUT2D eigenvalue weighted by molar-refractivity contribution is 0.185. The average Bonchev–Trinajstić information content (AvgIpc) is 2.94. The van der Waals surface area contributed by atoms with Gasteiger partial charge in [-0.1, -0.05) is 25.1 Å². The minimum absolute atomic E-state index is 0.401. The third-order valence-electron chi connectivity index (χ3n) is 4.18. The predicted octanol–water partition coefficient (Wildman–Crippen LogP) is 4.35. The summed E-state index contributed by atoms with van der Waals surface area (Å²) in [6.07, 6.45) is 2.25. The van der Waals surface area contributed by atoms with Crippen molar-refractivity contribution in [1.82, 2.24) is 5.32 Å². The molecule has 1 aliphatic heterocycles. The Kier molecular flexibility index (Phi) is 4.61. The Labute approximate surface area is 131 Å². The summed E-state index contributed by atoms with van der Waals surface area (Å²) in [6.45, 7) is 6.29. The molecule has 0 saturated heterocycles. The summed E-state index contributed by atoms with van der Waals surface area (Å²) in [5, 5.41) is 5.94. The van der Waals surface area contributed by atoms with Crippen LogP contribution in [0.5, 0.6) is 5.75 Å². The minimum atomic E-state index is 0.401. The number of nitrogens with one attached hydrogen (secondary N) is 1. The lowest BCUT2D eigenvalue weighted by Crippen LogP contribution is -2.35. The van der Waals surface area contributed by atoms with E-state index in [4.69, 9.17) is 4.74 Å². The van der Waals surface area contributed by atoms with Crippen LogP contribution >= 0.6 is 11.3 Å². The molecule has 0 aliphatic carbocycles. The van der Waals surface area contributed by atoms with Gasteiger partial charge in [-0.05, 0) is 54.9 Å². The van der Waals surface area contributed by atoms with Gasteiger partial charge >= 0.3 is 0 Å². The summed E-state index contributed by atoms with van der Waals surface area (Å²) in [6, 6.07) is 11.1. The first-order valence-electron chi connectivity index (χ1n) is 7.77. The molecule has 0 fully saturated rings. The molecule has 112 valence electrons. The molecule has 2 nitrogen and oxygen atoms in total. The van der Waals surface area contributed by atoms with E-state index in [9.17, 15) is 0 Å². The van der Waals surface area contributed by atoms with Crippen LogP contribution in [-0.4, -0.2) is 13.2 Å². The molecule has 2 aromatic rings. The van der Waals surface area contributed by atoms with Crippen LogP contribution in [0.2, 0.25) is 0 Å². The Balaban J connectivity index is 1.83. The van der Waals surface area contributed by atoms with Gasteiger partial charge in [-0.3, -0.25) is 0 Å². The third-order valence-corrected chi connectivity index (χ3v) is 5.28. The highest BCUT2D eigenvalue weighted by atomic mass is 32.1. The van der Waals surface area contributed by atoms with E-state index in [1.807, 2.05) is 11.3 Å². The van der Waals surface area contributed by atoms with Crippen LogP contribution in [0.15, 0.2) is 35.7 Å². The maximum Gasteiger partial charge on any atom is 0.122 e. The Bertz CT molecular complexity index is 592. The first-order chi connectivity index (χ1) is 10.3. The fraction of sp³-hybridized carbons (Fsp3) is 0.444. The number of rotatable bonds is 5. The molecule has 1 N–H and O–H groups in total. The molecular weight excluding hydrogens is 278 g/mol. The number of hydrogen-bond acceptors (Lipinski definition) is 3. The van der Waals surface area contributed by atoms with Crippen molar-refractivity contribution in [3.8, 4) is 5.75 Å². The molecule has 3 rings (SSSR count). The van der Waals surface area contributed by atoms with Gasteiger partial charge in [0.25, 0.3) is 0 Å². The molecule has 2 unspecified atom stereocenters. The standard InChI is InChI=1S/C18H23NOS/c1-3-9-19-17(18-13(2)8-10-21-18)15-11-14-6-4-5-7-16(14)20-12-15/h4-8,10,15,17,19H,3,9,11-12H2,1-2H3. The molecule has 2 heterocycles. The molecule has 1 aromatic heterocycles. The summed E-state index contributed by atoms with van der Waals surface area (Å²) in [5.41, 5.74) is 2.73. The Morgan fingerprint density at radius 2 is 2.19 bits per heavy atom. The highest BCUT2D eigenvalue weighted by molar-refractivity contribution is 7.10. The smallest absolute Gasteiger partial charge is 0.122 e. The maximum atomic E-state index is 6.00. The fourth-order valence-corrected chi connectivity index (χ4v) is 4.14. The van der Waals surface area contributed by atoms with Crippen molar-refractivity contribution in [3.05, 3.63) is 51.7 Å². The number of para-hydroxylation sites is 1. The van der Waals surface area contributed by atoms with E-state index in [0.29, 0.717) is 12.0 Å². The van der Waals surface area contributed by atoms with Gasteiger partial charge < -0.3 is 10.1 Å². The molecule has 3 heteroatoms. The number of aryl methyl sites for hydroxylation is 1. The van der Waals surface area contributed by atoms with Gasteiger partial charge in [0.05, 0.1) is 6.61 Å². The van der Waals surface area contributed by atoms with Crippen molar-refractivity contribution in [2.45, 2.75) is 32.7 Å². The Morgan fingerprint density at radius 1 is 1.33 bits per heavy atom. The van der Waals surface area contributed by atoms with Crippen LogP contribution in [0, 0.1) is 12.8 Å². The van der Waals surface area contributed by atoms with Gasteiger partial charge in [0.1, 0.15) is 5.75 Å². The van der Waals surface area contributed by atoms with Crippen molar-refractivity contribution >= 4 is 11.3 Å². The van der Waals surface area contributed by atoms with E-state index in [1.54, 1.807) is 0 Å². The van der Waals surface area contributed by atoms with Gasteiger partial charge in [-0.25, -0.2) is 0 Å². The monoisotopic (exact) mass is 301 g/mol. The number of benzene rings is 1. The van der Waals surface area contributed by atoms with Crippen molar-refractivity contribution in [2.24, 2.45) is 5.92 Å². The highest BCUT2D eigenvalue weighted by Gasteiger charge is 2.29. The molecule has 0 saturated carbocycles. The first kappa shape index (κ1) is 14.6. The number of thiophene rings is 1. The zero-order valence-electron chi connectivity index (χ0n) is 12.8. The molecule has 21 heavy (non-hydrogen) atoms. The lowest BCUT2D eigenvalue weighted by Gasteiger charge is -2.32. The lowest BCUT2D eigenvalue weighted by atomic mass is 9.88. The average molecular weight is 301 g/mol. The van der Waals surface area contributed by atoms with E-state index >= 15 is 0 Å². The van der Waals surface area contributed by atoms with Crippen molar-refractivity contribution in [3.63, 3.8) is 0 Å². The number of ether oxygens (including phenoxy) is 1. The summed E-state index contributed by atoms with van der Waals surface area (Å²) >= 11 is 1.86. The number of fused-ring (bicyclic) bond motifs is 1. The van der Waals surface area contributed by atoms with E-state index in [-0.39, 0.29) is 0 Å². The Morgan fingerprint density at radius 3 is 2.95 bits per heavy atom. The molecule has 1 aromatic carbocycles. The van der Waals surface area contributed by atoms with E-state index < -0.39 is 0 Å². The maximum absolute atomic E-state index is 6.00. The van der Waals surface area contributed by atoms with Crippen LogP contribution < -0.4 is 10.1 Å². The SMILES string of the molecule is CCCNC(c1sccc1C)C1COc2ccccc2C1. The second-order valence-electron chi connectivity index (χ2n) is 5.78. The van der Waals surface area contributed by atoms with Crippen molar-refractivity contribution < 1.29 is 4.74 Å². The first-order valence-corrected chi connectivity index (χ1v) is 8.65. The molecule has 0 amide bonds. The zero-order chi connectivity index (χ0) is 14.7. The van der Waals surface area contributed by atoms with Gasteiger partial charge in [0.2, 0.25) is 0 Å². The summed E-state index contributed by atoms with van der Waals surface area (Å²) < 4.78 is 6.00. The van der Waals surface area contributed by atoms with Gasteiger partial charge in [0.15, 0.2) is 0 Å². The zero-order valence-corrected chi connectivity index (χ0v) is 13.6. The molecular formula is C18H23NOS. The number of hydrogen-bond donors (Lipinski definition) is 1. The van der Waals surface area contributed by atoms with Crippen molar-refractivity contribution in [1.29, 1.82) is 0 Å². The van der Waals surface area contributed by atoms with Gasteiger partial charge in [-0.2, -0.15) is 0 Å². The molecule has 1 aliphatic rings. The second kappa shape index (κ2) is 6.63. The fourth-order valence-electron chi connectivity index (χ4n) is 3.04. The second-order valence-corrected chi connectivity index (χ2v) is 6.73. The van der Waals surface area contributed by atoms with E-state index in [0.717, 1.165) is 31.7 Å². The van der Waals surface area contributed by atoms with Crippen LogP contribution in [-0.2, 0) is 6.42 Å². The normalized spacial score (nSPS) is 18.9. The van der Waals surface area contributed by atoms with Crippen molar-refractivity contribution in [2.75, 3.05) is 13.2 Å². The molecule has 0 spiro atoms. The molecule has 0 radical (unpaired) electrons. The quantitative estimate of drug-likeness (QED) is 0.886. The Hall–Kier alpha value is -1.32. The van der Waals surface area contributed by atoms with Gasteiger partial charge in [0, 0.05) is 16.8 Å². The summed E-state index contributed by atoms with van der Waals surface area (Å²) in [7, 11) is 0. The topological polar surface area (TPSA) is 21.3 Å². The van der Waals surface area contributed by atoms with E-state index in [1.165, 1.54) is 16.0 Å². The third kappa shape index (κ3) is 3.14. The van der Waals surface area contributed by atoms with Crippen LogP contribution in [0.25, 0.3) is 0 Å². The van der Waals surface area contributed by atoms with Crippen LogP contribution in [0.4, 0.5) is 0 Å². The minimum Gasteiger partial charge on any atom is -0.493 e. The highest BCUT2D eigenvalue weighted by Crippen LogP contribution is 2.36. The van der Waals surface area contributed by atoms with E-state index in [2.05, 4.69) is 54.9 Å². The summed E-state index contributed by atoms with van der Waals surface area (Å²) in [4.78, 5) is 1.47. The largest absolute Gasteiger partial charge is 0.493 e. The van der Waals surface area contributed by atoms with Crippen LogP contribution in [0.3, 0.4) is 0 Å².